The molecule has 0 aromatic rings. The Kier molecular flexibility index (Phi) is 5.04. The highest BCUT2D eigenvalue weighted by molar-refractivity contribution is 5.70. The average molecular weight is 253 g/mol. The summed E-state index contributed by atoms with van der Waals surface area (Å²) in [7, 11) is 0. The van der Waals surface area contributed by atoms with Crippen LogP contribution < -0.4 is 0 Å². The van der Waals surface area contributed by atoms with E-state index in [2.05, 4.69) is 11.8 Å². The molecule has 0 spiro atoms. The van der Waals surface area contributed by atoms with Gasteiger partial charge in [0.15, 0.2) is 0 Å². The Morgan fingerprint density at radius 2 is 1.78 bits per heavy atom. The monoisotopic (exact) mass is 253 g/mol. The van der Waals surface area contributed by atoms with Crippen molar-refractivity contribution in [3.63, 3.8) is 0 Å². The van der Waals surface area contributed by atoms with Crippen molar-refractivity contribution in [1.82, 2.24) is 4.90 Å². The van der Waals surface area contributed by atoms with Crippen LogP contribution in [0.5, 0.6) is 0 Å². The highest BCUT2D eigenvalue weighted by atomic mass is 16.4. The molecule has 104 valence electrons. The van der Waals surface area contributed by atoms with E-state index in [0.717, 1.165) is 31.8 Å². The third kappa shape index (κ3) is 3.71. The van der Waals surface area contributed by atoms with E-state index >= 15 is 0 Å². The first kappa shape index (κ1) is 13.9. The molecule has 0 amide bonds. The normalized spacial score (nSPS) is 32.1. The molecule has 2 unspecified atom stereocenters. The molecule has 1 heterocycles. The third-order valence-electron chi connectivity index (χ3n) is 4.83. The van der Waals surface area contributed by atoms with Gasteiger partial charge in [-0.1, -0.05) is 25.7 Å². The van der Waals surface area contributed by atoms with Gasteiger partial charge in [-0.3, -0.25) is 9.69 Å². The van der Waals surface area contributed by atoms with Crippen LogP contribution in [0.25, 0.3) is 0 Å². The number of carbonyl (C=O) groups is 1. The van der Waals surface area contributed by atoms with Gasteiger partial charge in [0.25, 0.3) is 0 Å². The van der Waals surface area contributed by atoms with Crippen LogP contribution in [0.4, 0.5) is 0 Å². The predicted octanol–water partition coefficient (Wildman–Crippen LogP) is 3.14. The number of nitrogens with zero attached hydrogens (tertiary/aromatic N) is 1. The highest BCUT2D eigenvalue weighted by Crippen LogP contribution is 2.28. The number of carboxylic acid groups (broad SMARTS) is 1. The Bertz CT molecular complexity index is 272. The molecular formula is C15H27NO2. The molecular weight excluding hydrogens is 226 g/mol. The van der Waals surface area contributed by atoms with Crippen molar-refractivity contribution in [2.45, 2.75) is 64.3 Å². The van der Waals surface area contributed by atoms with Crippen molar-refractivity contribution in [2.24, 2.45) is 11.8 Å². The fraction of sp³-hybridized carbons (Fsp3) is 0.933. The largest absolute Gasteiger partial charge is 0.481 e. The zero-order valence-corrected chi connectivity index (χ0v) is 11.6. The van der Waals surface area contributed by atoms with Crippen molar-refractivity contribution in [3.8, 4) is 0 Å². The van der Waals surface area contributed by atoms with Crippen LogP contribution >= 0.6 is 0 Å². The lowest BCUT2D eigenvalue weighted by Gasteiger charge is -2.38. The summed E-state index contributed by atoms with van der Waals surface area (Å²) in [4.78, 5) is 13.6. The highest BCUT2D eigenvalue weighted by Gasteiger charge is 2.30. The Morgan fingerprint density at radius 1 is 1.11 bits per heavy atom. The molecule has 0 aromatic heterocycles. The quantitative estimate of drug-likeness (QED) is 0.786. The van der Waals surface area contributed by atoms with E-state index < -0.39 is 5.97 Å². The number of rotatable bonds is 3. The van der Waals surface area contributed by atoms with Gasteiger partial charge in [-0.15, -0.1) is 0 Å². The van der Waals surface area contributed by atoms with E-state index in [1.54, 1.807) is 0 Å². The molecule has 3 heteroatoms. The predicted molar refractivity (Wildman–Crippen MR) is 72.6 cm³/mol. The number of piperidine rings is 1. The first-order valence-electron chi connectivity index (χ1n) is 7.63. The van der Waals surface area contributed by atoms with Crippen molar-refractivity contribution < 1.29 is 9.90 Å². The van der Waals surface area contributed by atoms with Crippen LogP contribution in [0.15, 0.2) is 0 Å². The van der Waals surface area contributed by atoms with E-state index in [0.29, 0.717) is 6.04 Å². The number of aliphatic carboxylic acids is 1. The molecule has 0 bridgehead atoms. The van der Waals surface area contributed by atoms with Gasteiger partial charge in [0.05, 0.1) is 5.92 Å². The summed E-state index contributed by atoms with van der Waals surface area (Å²) < 4.78 is 0. The third-order valence-corrected chi connectivity index (χ3v) is 4.83. The molecule has 1 saturated heterocycles. The van der Waals surface area contributed by atoms with E-state index in [1.165, 1.54) is 38.5 Å². The molecule has 2 rings (SSSR count). The van der Waals surface area contributed by atoms with Gasteiger partial charge in [0.2, 0.25) is 0 Å². The first-order valence-corrected chi connectivity index (χ1v) is 7.63. The summed E-state index contributed by atoms with van der Waals surface area (Å²) in [5.74, 6) is 0.0715. The van der Waals surface area contributed by atoms with Crippen molar-refractivity contribution >= 4 is 5.97 Å². The molecule has 0 aromatic carbocycles. The number of carboxylic acids is 1. The van der Waals surface area contributed by atoms with Crippen LogP contribution in [-0.4, -0.2) is 35.1 Å². The summed E-state index contributed by atoms with van der Waals surface area (Å²) in [6, 6.07) is 0.573. The van der Waals surface area contributed by atoms with Crippen LogP contribution in [0.1, 0.15) is 58.3 Å². The lowest BCUT2D eigenvalue weighted by atomic mass is 9.91. The van der Waals surface area contributed by atoms with Gasteiger partial charge in [-0.05, 0) is 38.5 Å². The minimum absolute atomic E-state index is 0.132. The van der Waals surface area contributed by atoms with Crippen molar-refractivity contribution in [3.05, 3.63) is 0 Å². The zero-order chi connectivity index (χ0) is 13.0. The maximum Gasteiger partial charge on any atom is 0.307 e. The van der Waals surface area contributed by atoms with Crippen LogP contribution in [0.2, 0.25) is 0 Å². The SMILES string of the molecule is CC1CCC(C(=O)O)CN1CC1CCCCCC1. The Labute approximate surface area is 111 Å². The van der Waals surface area contributed by atoms with Crippen molar-refractivity contribution in [1.29, 1.82) is 0 Å². The van der Waals surface area contributed by atoms with Gasteiger partial charge in [-0.25, -0.2) is 0 Å². The van der Waals surface area contributed by atoms with Gasteiger partial charge in [0, 0.05) is 19.1 Å². The Balaban J connectivity index is 1.87. The molecule has 18 heavy (non-hydrogen) atoms. The fourth-order valence-electron chi connectivity index (χ4n) is 3.51. The summed E-state index contributed by atoms with van der Waals surface area (Å²) in [6.07, 6.45) is 10.1. The maximum atomic E-state index is 11.1. The molecule has 1 aliphatic carbocycles. The molecule has 0 radical (unpaired) electrons. The van der Waals surface area contributed by atoms with Crippen LogP contribution in [-0.2, 0) is 4.79 Å². The Hall–Kier alpha value is -0.570. The van der Waals surface area contributed by atoms with Crippen molar-refractivity contribution in [2.75, 3.05) is 13.1 Å². The second-order valence-corrected chi connectivity index (χ2v) is 6.27. The molecule has 1 saturated carbocycles. The van der Waals surface area contributed by atoms with Gasteiger partial charge in [-0.2, -0.15) is 0 Å². The molecule has 2 atom stereocenters. The molecule has 2 fully saturated rings. The minimum atomic E-state index is -0.604. The lowest BCUT2D eigenvalue weighted by molar-refractivity contribution is -0.144. The minimum Gasteiger partial charge on any atom is -0.481 e. The van der Waals surface area contributed by atoms with Crippen LogP contribution in [0, 0.1) is 11.8 Å². The number of hydrogen-bond donors (Lipinski definition) is 1. The van der Waals surface area contributed by atoms with Gasteiger partial charge in [0.1, 0.15) is 0 Å². The van der Waals surface area contributed by atoms with Gasteiger partial charge >= 0.3 is 5.97 Å². The molecule has 1 N–H and O–H groups in total. The van der Waals surface area contributed by atoms with E-state index in [1.807, 2.05) is 0 Å². The Morgan fingerprint density at radius 3 is 2.39 bits per heavy atom. The first-order chi connectivity index (χ1) is 8.66. The zero-order valence-electron chi connectivity index (χ0n) is 11.6. The second-order valence-electron chi connectivity index (χ2n) is 6.27. The summed E-state index contributed by atoms with van der Waals surface area (Å²) in [5, 5.41) is 9.17. The maximum absolute atomic E-state index is 11.1. The number of hydrogen-bond acceptors (Lipinski definition) is 2. The van der Waals surface area contributed by atoms with Crippen LogP contribution in [0.3, 0.4) is 0 Å². The van der Waals surface area contributed by atoms with E-state index in [-0.39, 0.29) is 5.92 Å². The van der Waals surface area contributed by atoms with E-state index in [4.69, 9.17) is 5.11 Å². The smallest absolute Gasteiger partial charge is 0.307 e. The average Bonchev–Trinajstić information content (AvgIpc) is 2.60. The molecule has 2 aliphatic rings. The fourth-order valence-corrected chi connectivity index (χ4v) is 3.51. The molecule has 3 nitrogen and oxygen atoms in total. The lowest BCUT2D eigenvalue weighted by Crippen LogP contribution is -2.46. The standard InChI is InChI=1S/C15H27NO2/c1-12-8-9-14(15(17)18)11-16(12)10-13-6-4-2-3-5-7-13/h12-14H,2-11H2,1H3,(H,17,18). The van der Waals surface area contributed by atoms with E-state index in [9.17, 15) is 4.79 Å². The summed E-state index contributed by atoms with van der Waals surface area (Å²) >= 11 is 0. The summed E-state index contributed by atoms with van der Waals surface area (Å²) in [5.41, 5.74) is 0. The number of likely N-dealkylation sites (tertiary alicyclic amines) is 1. The molecule has 1 aliphatic heterocycles. The second kappa shape index (κ2) is 6.55. The van der Waals surface area contributed by atoms with Gasteiger partial charge < -0.3 is 5.11 Å². The topological polar surface area (TPSA) is 40.5 Å². The summed E-state index contributed by atoms with van der Waals surface area (Å²) in [6.45, 7) is 4.16.